The highest BCUT2D eigenvalue weighted by molar-refractivity contribution is 6.15. The summed E-state index contributed by atoms with van der Waals surface area (Å²) in [5, 5.41) is 11.2. The summed E-state index contributed by atoms with van der Waals surface area (Å²) in [6.07, 6.45) is 1.45. The van der Waals surface area contributed by atoms with Gasteiger partial charge in [0.25, 0.3) is 5.91 Å². The molecule has 1 unspecified atom stereocenters. The molecule has 7 heteroatoms. The Labute approximate surface area is 154 Å². The molecule has 0 saturated carbocycles. The Balaban J connectivity index is 1.78. The van der Waals surface area contributed by atoms with E-state index in [0.717, 1.165) is 5.39 Å². The second-order valence-electron chi connectivity index (χ2n) is 6.15. The molecule has 4 rings (SSSR count). The zero-order valence-electron chi connectivity index (χ0n) is 14.5. The first-order valence-corrected chi connectivity index (χ1v) is 8.41. The third kappa shape index (κ3) is 2.82. The van der Waals surface area contributed by atoms with Gasteiger partial charge < -0.3 is 23.6 Å². The van der Waals surface area contributed by atoms with Crippen LogP contribution in [0.5, 0.6) is 0 Å². The molecule has 3 heterocycles. The minimum absolute atomic E-state index is 0.0516. The van der Waals surface area contributed by atoms with E-state index in [-0.39, 0.29) is 24.5 Å². The van der Waals surface area contributed by atoms with Crippen LogP contribution in [0.25, 0.3) is 11.0 Å². The van der Waals surface area contributed by atoms with Gasteiger partial charge in [0.15, 0.2) is 11.5 Å². The first kappa shape index (κ1) is 17.1. The number of carbonyl (C=O) groups excluding carboxylic acids is 2. The second kappa shape index (κ2) is 6.77. The van der Waals surface area contributed by atoms with Crippen molar-refractivity contribution in [2.24, 2.45) is 0 Å². The molecule has 0 fully saturated rings. The van der Waals surface area contributed by atoms with Crippen LogP contribution in [-0.4, -0.2) is 42.0 Å². The molecular weight excluding hydrogens is 350 g/mol. The van der Waals surface area contributed by atoms with Gasteiger partial charge in [0.2, 0.25) is 5.78 Å². The van der Waals surface area contributed by atoms with Crippen LogP contribution in [0.15, 0.2) is 68.9 Å². The number of Topliss-reactive ketones (excluding diaryl/α,β-unsaturated/α-hetero) is 1. The maximum absolute atomic E-state index is 13.1. The molecule has 1 aliphatic rings. The minimum Gasteiger partial charge on any atom is -0.503 e. The summed E-state index contributed by atoms with van der Waals surface area (Å²) in [4.78, 5) is 27.1. The second-order valence-corrected chi connectivity index (χ2v) is 6.15. The highest BCUT2D eigenvalue weighted by Gasteiger charge is 2.45. The quantitative estimate of drug-likeness (QED) is 0.672. The van der Waals surface area contributed by atoms with E-state index in [4.69, 9.17) is 13.6 Å². The van der Waals surface area contributed by atoms with Crippen LogP contribution in [0.4, 0.5) is 0 Å². The third-order valence-corrected chi connectivity index (χ3v) is 4.55. The van der Waals surface area contributed by atoms with Crippen LogP contribution in [0.3, 0.4) is 0 Å². The Bertz CT molecular complexity index is 997. The number of methoxy groups -OCH3 is 1. The number of fused-ring (bicyclic) bond motifs is 1. The van der Waals surface area contributed by atoms with Crippen molar-refractivity contribution in [2.75, 3.05) is 20.3 Å². The molecule has 1 N–H and O–H groups in total. The van der Waals surface area contributed by atoms with Gasteiger partial charge in [-0.05, 0) is 24.3 Å². The van der Waals surface area contributed by atoms with E-state index in [1.807, 2.05) is 12.1 Å². The van der Waals surface area contributed by atoms with Gasteiger partial charge in [0.05, 0.1) is 18.4 Å². The first-order chi connectivity index (χ1) is 13.1. The number of carbonyl (C=O) groups is 2. The molecule has 7 nitrogen and oxygen atoms in total. The van der Waals surface area contributed by atoms with Crippen LogP contribution in [0.1, 0.15) is 22.4 Å². The van der Waals surface area contributed by atoms with Crippen molar-refractivity contribution in [2.45, 2.75) is 6.04 Å². The molecule has 0 saturated heterocycles. The van der Waals surface area contributed by atoms with Gasteiger partial charge in [-0.2, -0.15) is 0 Å². The smallest absolute Gasteiger partial charge is 0.290 e. The number of aliphatic hydroxyl groups excluding tert-OH is 1. The highest BCUT2D eigenvalue weighted by Crippen LogP contribution is 2.39. The van der Waals surface area contributed by atoms with Crippen LogP contribution in [0, 0.1) is 0 Å². The molecule has 0 bridgehead atoms. The SMILES string of the molecule is COCCN1C(=O)C(O)=C(C(=O)c2cc3ccccc3o2)C1c1ccco1. The lowest BCUT2D eigenvalue weighted by Gasteiger charge is -2.24. The third-order valence-electron chi connectivity index (χ3n) is 4.55. The van der Waals surface area contributed by atoms with Crippen molar-refractivity contribution in [1.82, 2.24) is 4.90 Å². The number of furan rings is 2. The van der Waals surface area contributed by atoms with Crippen molar-refractivity contribution in [3.63, 3.8) is 0 Å². The van der Waals surface area contributed by atoms with Crippen molar-refractivity contribution in [3.8, 4) is 0 Å². The van der Waals surface area contributed by atoms with E-state index in [2.05, 4.69) is 0 Å². The van der Waals surface area contributed by atoms with Crippen LogP contribution >= 0.6 is 0 Å². The predicted octanol–water partition coefficient (Wildman–Crippen LogP) is 3.25. The fraction of sp³-hybridized carbons (Fsp3) is 0.200. The number of hydrogen-bond acceptors (Lipinski definition) is 6. The highest BCUT2D eigenvalue weighted by atomic mass is 16.5. The lowest BCUT2D eigenvalue weighted by Crippen LogP contribution is -2.33. The van der Waals surface area contributed by atoms with Crippen molar-refractivity contribution in [3.05, 3.63) is 71.6 Å². The number of nitrogens with zero attached hydrogens (tertiary/aromatic N) is 1. The molecule has 1 aromatic carbocycles. The summed E-state index contributed by atoms with van der Waals surface area (Å²) < 4.78 is 16.1. The number of ether oxygens (including phenoxy) is 1. The van der Waals surface area contributed by atoms with E-state index in [0.29, 0.717) is 11.3 Å². The number of hydrogen-bond donors (Lipinski definition) is 1. The topological polar surface area (TPSA) is 93.1 Å². The average molecular weight is 367 g/mol. The lowest BCUT2D eigenvalue weighted by atomic mass is 9.99. The Morgan fingerprint density at radius 3 is 2.78 bits per heavy atom. The van der Waals surface area contributed by atoms with E-state index in [1.165, 1.54) is 18.3 Å². The Hall–Kier alpha value is -3.32. The van der Waals surface area contributed by atoms with Gasteiger partial charge in [-0.3, -0.25) is 9.59 Å². The summed E-state index contributed by atoms with van der Waals surface area (Å²) >= 11 is 0. The molecule has 0 spiro atoms. The van der Waals surface area contributed by atoms with Crippen LogP contribution in [-0.2, 0) is 9.53 Å². The summed E-state index contributed by atoms with van der Waals surface area (Å²) in [6, 6.07) is 11.3. The van der Waals surface area contributed by atoms with Gasteiger partial charge in [-0.15, -0.1) is 0 Å². The first-order valence-electron chi connectivity index (χ1n) is 8.41. The number of para-hydroxylation sites is 1. The zero-order valence-corrected chi connectivity index (χ0v) is 14.5. The summed E-state index contributed by atoms with van der Waals surface area (Å²) in [6.45, 7) is 0.448. The molecule has 138 valence electrons. The Kier molecular flexibility index (Phi) is 4.29. The summed E-state index contributed by atoms with van der Waals surface area (Å²) in [5.74, 6) is -1.37. The largest absolute Gasteiger partial charge is 0.503 e. The molecule has 2 aromatic heterocycles. The average Bonchev–Trinajstić information content (AvgIpc) is 3.39. The van der Waals surface area contributed by atoms with E-state index >= 15 is 0 Å². The molecule has 0 aliphatic carbocycles. The van der Waals surface area contributed by atoms with Crippen LogP contribution in [0.2, 0.25) is 0 Å². The van der Waals surface area contributed by atoms with Gasteiger partial charge in [0, 0.05) is 19.0 Å². The fourth-order valence-corrected chi connectivity index (χ4v) is 3.28. The Morgan fingerprint density at radius 2 is 2.07 bits per heavy atom. The number of rotatable bonds is 6. The predicted molar refractivity (Wildman–Crippen MR) is 95.2 cm³/mol. The summed E-state index contributed by atoms with van der Waals surface area (Å²) in [5.41, 5.74) is 0.487. The fourth-order valence-electron chi connectivity index (χ4n) is 3.28. The van der Waals surface area contributed by atoms with Crippen LogP contribution < -0.4 is 0 Å². The molecule has 1 amide bonds. The molecule has 1 aliphatic heterocycles. The molecule has 1 atom stereocenters. The normalized spacial score (nSPS) is 17.3. The van der Waals surface area contributed by atoms with Gasteiger partial charge >= 0.3 is 0 Å². The minimum atomic E-state index is -0.844. The van der Waals surface area contributed by atoms with E-state index in [9.17, 15) is 14.7 Å². The standard InChI is InChI=1S/C20H17NO6/c1-25-10-8-21-17(14-7-4-9-26-14)16(19(23)20(21)24)18(22)15-11-12-5-2-3-6-13(12)27-15/h2-7,9,11,17,23H,8,10H2,1H3. The van der Waals surface area contributed by atoms with Crippen molar-refractivity contribution in [1.29, 1.82) is 0 Å². The van der Waals surface area contributed by atoms with E-state index < -0.39 is 23.5 Å². The van der Waals surface area contributed by atoms with Crippen molar-refractivity contribution >= 4 is 22.7 Å². The monoisotopic (exact) mass is 367 g/mol. The maximum atomic E-state index is 13.1. The lowest BCUT2D eigenvalue weighted by molar-refractivity contribution is -0.130. The molecule has 27 heavy (non-hydrogen) atoms. The molecule has 0 radical (unpaired) electrons. The molecular formula is C20H17NO6. The maximum Gasteiger partial charge on any atom is 0.290 e. The van der Waals surface area contributed by atoms with Crippen molar-refractivity contribution < 1.29 is 28.3 Å². The number of ketones is 1. The number of aliphatic hydroxyl groups is 1. The summed E-state index contributed by atoms with van der Waals surface area (Å²) in [7, 11) is 1.51. The number of amides is 1. The molecule has 3 aromatic rings. The zero-order chi connectivity index (χ0) is 19.0. The van der Waals surface area contributed by atoms with Gasteiger partial charge in [-0.1, -0.05) is 18.2 Å². The van der Waals surface area contributed by atoms with Gasteiger partial charge in [-0.25, -0.2) is 0 Å². The van der Waals surface area contributed by atoms with Gasteiger partial charge in [0.1, 0.15) is 17.4 Å². The number of benzene rings is 1. The van der Waals surface area contributed by atoms with E-state index in [1.54, 1.807) is 30.3 Å². The Morgan fingerprint density at radius 1 is 1.26 bits per heavy atom.